The molecule has 0 spiro atoms. The molecule has 0 radical (unpaired) electrons. The van der Waals surface area contributed by atoms with Crippen molar-refractivity contribution in [2.24, 2.45) is 11.8 Å². The second-order valence-corrected chi connectivity index (χ2v) is 7.41. The Labute approximate surface area is 140 Å². The van der Waals surface area contributed by atoms with E-state index in [2.05, 4.69) is 47.9 Å². The first-order valence-electron chi connectivity index (χ1n) is 9.29. The van der Waals surface area contributed by atoms with E-state index in [1.807, 2.05) is 0 Å². The van der Waals surface area contributed by atoms with Crippen molar-refractivity contribution >= 4 is 5.91 Å². The molecule has 0 aromatic heterocycles. The molecule has 4 atom stereocenters. The van der Waals surface area contributed by atoms with E-state index < -0.39 is 0 Å². The lowest BCUT2D eigenvalue weighted by Crippen LogP contribution is -2.39. The van der Waals surface area contributed by atoms with Gasteiger partial charge in [-0.25, -0.2) is 0 Å². The summed E-state index contributed by atoms with van der Waals surface area (Å²) in [6.45, 7) is 4.45. The van der Waals surface area contributed by atoms with Crippen LogP contribution in [0.25, 0.3) is 0 Å². The molecule has 2 N–H and O–H groups in total. The van der Waals surface area contributed by atoms with Gasteiger partial charge in [0.25, 0.3) is 0 Å². The van der Waals surface area contributed by atoms with E-state index in [4.69, 9.17) is 0 Å². The summed E-state index contributed by atoms with van der Waals surface area (Å²) in [6, 6.07) is 11.0. The van der Waals surface area contributed by atoms with Gasteiger partial charge in [-0.2, -0.15) is 0 Å². The smallest absolute Gasteiger partial charge is 0.220 e. The van der Waals surface area contributed by atoms with E-state index in [-0.39, 0.29) is 5.91 Å². The number of carbonyl (C=O) groups excluding carboxylic acids is 1. The lowest BCUT2D eigenvalue weighted by molar-refractivity contribution is -0.123. The van der Waals surface area contributed by atoms with Gasteiger partial charge in [0.05, 0.1) is 0 Å². The average molecular weight is 314 g/mol. The summed E-state index contributed by atoms with van der Waals surface area (Å²) in [5, 5.41) is 6.80. The SMILES string of the molecule is CC(CC(=O)NC1CCCC1c1ccccc1)C1CCCNC1. The minimum absolute atomic E-state index is 0.246. The highest BCUT2D eigenvalue weighted by molar-refractivity contribution is 5.76. The Hall–Kier alpha value is -1.35. The Morgan fingerprint density at radius 1 is 1.22 bits per heavy atom. The molecule has 3 rings (SSSR count). The summed E-state index contributed by atoms with van der Waals surface area (Å²) in [7, 11) is 0. The standard InChI is InChI=1S/C20H30N2O/c1-15(17-9-6-12-21-14-17)13-20(23)22-19-11-5-10-18(19)16-7-3-2-4-8-16/h2-4,7-8,15,17-19,21H,5-6,9-14H2,1H3,(H,22,23). The summed E-state index contributed by atoms with van der Waals surface area (Å²) in [5.41, 5.74) is 1.37. The van der Waals surface area contributed by atoms with E-state index in [9.17, 15) is 4.79 Å². The molecule has 2 aliphatic rings. The molecule has 1 saturated heterocycles. The van der Waals surface area contributed by atoms with E-state index in [0.29, 0.717) is 30.2 Å². The van der Waals surface area contributed by atoms with Crippen molar-refractivity contribution in [1.29, 1.82) is 0 Å². The zero-order chi connectivity index (χ0) is 16.1. The Morgan fingerprint density at radius 2 is 2.04 bits per heavy atom. The van der Waals surface area contributed by atoms with Crippen LogP contribution in [0.2, 0.25) is 0 Å². The molecule has 1 aromatic carbocycles. The normalized spacial score (nSPS) is 29.2. The van der Waals surface area contributed by atoms with Crippen LogP contribution in [0.4, 0.5) is 0 Å². The topological polar surface area (TPSA) is 41.1 Å². The molecule has 0 bridgehead atoms. The highest BCUT2D eigenvalue weighted by Crippen LogP contribution is 2.34. The number of amides is 1. The maximum atomic E-state index is 12.5. The van der Waals surface area contributed by atoms with Crippen LogP contribution >= 0.6 is 0 Å². The second-order valence-electron chi connectivity index (χ2n) is 7.41. The molecule has 1 saturated carbocycles. The highest BCUT2D eigenvalue weighted by atomic mass is 16.1. The van der Waals surface area contributed by atoms with Gasteiger partial charge in [0, 0.05) is 18.4 Å². The first kappa shape index (κ1) is 16.5. The monoisotopic (exact) mass is 314 g/mol. The molecule has 4 unspecified atom stereocenters. The molecule has 1 aliphatic heterocycles. The van der Waals surface area contributed by atoms with Gasteiger partial charge in [-0.05, 0) is 56.2 Å². The molecule has 1 aliphatic carbocycles. The fourth-order valence-electron chi connectivity index (χ4n) is 4.32. The second kappa shape index (κ2) is 7.96. The van der Waals surface area contributed by atoms with Gasteiger partial charge in [0.1, 0.15) is 0 Å². The molecular formula is C20H30N2O. The number of rotatable bonds is 5. The van der Waals surface area contributed by atoms with Gasteiger partial charge in [-0.3, -0.25) is 4.79 Å². The van der Waals surface area contributed by atoms with Crippen LogP contribution in [0.15, 0.2) is 30.3 Å². The van der Waals surface area contributed by atoms with Crippen LogP contribution in [0, 0.1) is 11.8 Å². The van der Waals surface area contributed by atoms with Crippen LogP contribution in [0.5, 0.6) is 0 Å². The van der Waals surface area contributed by atoms with E-state index in [1.165, 1.54) is 31.2 Å². The molecule has 3 nitrogen and oxygen atoms in total. The van der Waals surface area contributed by atoms with E-state index in [1.54, 1.807) is 0 Å². The van der Waals surface area contributed by atoms with Crippen LogP contribution < -0.4 is 10.6 Å². The summed E-state index contributed by atoms with van der Waals surface area (Å²) in [4.78, 5) is 12.5. The highest BCUT2D eigenvalue weighted by Gasteiger charge is 2.30. The first-order valence-corrected chi connectivity index (χ1v) is 9.29. The van der Waals surface area contributed by atoms with E-state index in [0.717, 1.165) is 19.5 Å². The predicted octanol–water partition coefficient (Wildman–Crippen LogP) is 3.46. The minimum Gasteiger partial charge on any atom is -0.353 e. The summed E-state index contributed by atoms with van der Waals surface area (Å²) >= 11 is 0. The van der Waals surface area contributed by atoms with Gasteiger partial charge in [-0.15, -0.1) is 0 Å². The van der Waals surface area contributed by atoms with Crippen molar-refractivity contribution in [3.63, 3.8) is 0 Å². The Balaban J connectivity index is 1.52. The molecular weight excluding hydrogens is 284 g/mol. The van der Waals surface area contributed by atoms with Crippen molar-refractivity contribution in [3.8, 4) is 0 Å². The average Bonchev–Trinajstić information content (AvgIpc) is 3.04. The number of nitrogens with one attached hydrogen (secondary N) is 2. The molecule has 1 aromatic rings. The van der Waals surface area contributed by atoms with Gasteiger partial charge in [0.2, 0.25) is 5.91 Å². The van der Waals surface area contributed by atoms with Gasteiger partial charge in [-0.1, -0.05) is 43.7 Å². The zero-order valence-corrected chi connectivity index (χ0v) is 14.3. The van der Waals surface area contributed by atoms with Crippen molar-refractivity contribution in [2.45, 2.75) is 57.4 Å². The Bertz CT molecular complexity index is 496. The molecule has 1 amide bonds. The van der Waals surface area contributed by atoms with Crippen LogP contribution in [0.3, 0.4) is 0 Å². The maximum Gasteiger partial charge on any atom is 0.220 e. The third kappa shape index (κ3) is 4.35. The van der Waals surface area contributed by atoms with E-state index >= 15 is 0 Å². The van der Waals surface area contributed by atoms with Crippen LogP contribution in [-0.4, -0.2) is 25.0 Å². The van der Waals surface area contributed by atoms with Gasteiger partial charge >= 0.3 is 0 Å². The molecule has 23 heavy (non-hydrogen) atoms. The summed E-state index contributed by atoms with van der Waals surface area (Å²) < 4.78 is 0. The molecule has 1 heterocycles. The molecule has 126 valence electrons. The first-order chi connectivity index (χ1) is 11.2. The number of piperidine rings is 1. The number of hydrogen-bond acceptors (Lipinski definition) is 2. The fourth-order valence-corrected chi connectivity index (χ4v) is 4.32. The number of hydrogen-bond donors (Lipinski definition) is 2. The maximum absolute atomic E-state index is 12.5. The molecule has 2 fully saturated rings. The number of benzene rings is 1. The zero-order valence-electron chi connectivity index (χ0n) is 14.3. The Kier molecular flexibility index (Phi) is 5.71. The quantitative estimate of drug-likeness (QED) is 0.874. The third-order valence-electron chi connectivity index (χ3n) is 5.74. The lowest BCUT2D eigenvalue weighted by Gasteiger charge is -2.29. The molecule has 3 heteroatoms. The van der Waals surface area contributed by atoms with Crippen LogP contribution in [0.1, 0.15) is 56.9 Å². The van der Waals surface area contributed by atoms with Crippen molar-refractivity contribution < 1.29 is 4.79 Å². The summed E-state index contributed by atoms with van der Waals surface area (Å²) in [6.07, 6.45) is 6.70. The minimum atomic E-state index is 0.246. The lowest BCUT2D eigenvalue weighted by atomic mass is 9.85. The van der Waals surface area contributed by atoms with Crippen molar-refractivity contribution in [3.05, 3.63) is 35.9 Å². The fraction of sp³-hybridized carbons (Fsp3) is 0.650. The van der Waals surface area contributed by atoms with Gasteiger partial charge < -0.3 is 10.6 Å². The Morgan fingerprint density at radius 3 is 2.78 bits per heavy atom. The number of carbonyl (C=O) groups is 1. The van der Waals surface area contributed by atoms with Gasteiger partial charge in [0.15, 0.2) is 0 Å². The summed E-state index contributed by atoms with van der Waals surface area (Å²) in [5.74, 6) is 1.87. The van der Waals surface area contributed by atoms with Crippen LogP contribution in [-0.2, 0) is 4.79 Å². The predicted molar refractivity (Wildman–Crippen MR) is 94.3 cm³/mol. The van der Waals surface area contributed by atoms with Crippen molar-refractivity contribution in [2.75, 3.05) is 13.1 Å². The third-order valence-corrected chi connectivity index (χ3v) is 5.74. The largest absolute Gasteiger partial charge is 0.353 e. The van der Waals surface area contributed by atoms with Crippen molar-refractivity contribution in [1.82, 2.24) is 10.6 Å².